The number of nitrogens with zero attached hydrogens (tertiary/aromatic N) is 1. The number of hydrogen-bond acceptors (Lipinski definition) is 4. The first-order valence-electron chi connectivity index (χ1n) is 5.86. The fourth-order valence-electron chi connectivity index (χ4n) is 1.74. The van der Waals surface area contributed by atoms with E-state index in [4.69, 9.17) is 21.4 Å². The van der Waals surface area contributed by atoms with Gasteiger partial charge in [0, 0.05) is 6.20 Å². The lowest BCUT2D eigenvalue weighted by atomic mass is 10.1. The number of anilines is 1. The molecule has 108 valence electrons. The molecule has 0 fully saturated rings. The van der Waals surface area contributed by atoms with Gasteiger partial charge in [-0.25, -0.2) is 9.78 Å². The molecule has 0 bridgehead atoms. The van der Waals surface area contributed by atoms with Gasteiger partial charge in [0.1, 0.15) is 5.56 Å². The minimum Gasteiger partial charge on any atom is -0.480 e. The Morgan fingerprint density at radius 3 is 2.62 bits per heavy atom. The Balaban J connectivity index is 2.38. The summed E-state index contributed by atoms with van der Waals surface area (Å²) in [7, 11) is 1.39. The molecule has 6 nitrogen and oxygen atoms in total. The van der Waals surface area contributed by atoms with Gasteiger partial charge in [-0.05, 0) is 24.3 Å². The van der Waals surface area contributed by atoms with E-state index in [0.29, 0.717) is 0 Å². The summed E-state index contributed by atoms with van der Waals surface area (Å²) in [4.78, 5) is 27.3. The van der Waals surface area contributed by atoms with Gasteiger partial charge in [-0.3, -0.25) is 4.79 Å². The number of aromatic nitrogens is 1. The summed E-state index contributed by atoms with van der Waals surface area (Å²) in [5.74, 6) is -1.61. The van der Waals surface area contributed by atoms with Crippen molar-refractivity contribution in [1.29, 1.82) is 0 Å². The number of para-hydroxylation sites is 1. The Labute approximate surface area is 125 Å². The number of aromatic carboxylic acids is 1. The highest BCUT2D eigenvalue weighted by atomic mass is 35.5. The van der Waals surface area contributed by atoms with Crippen LogP contribution in [0.3, 0.4) is 0 Å². The second-order valence-corrected chi connectivity index (χ2v) is 4.39. The van der Waals surface area contributed by atoms with Crippen LogP contribution in [0.25, 0.3) is 0 Å². The smallest absolute Gasteiger partial charge is 0.337 e. The second kappa shape index (κ2) is 6.23. The van der Waals surface area contributed by atoms with E-state index in [-0.39, 0.29) is 27.7 Å². The summed E-state index contributed by atoms with van der Waals surface area (Å²) in [5, 5.41) is 11.7. The normalized spacial score (nSPS) is 10.0. The van der Waals surface area contributed by atoms with Crippen molar-refractivity contribution < 1.29 is 19.4 Å². The fourth-order valence-corrected chi connectivity index (χ4v) is 1.96. The molecule has 0 spiro atoms. The summed E-state index contributed by atoms with van der Waals surface area (Å²) >= 11 is 5.95. The molecule has 1 amide bonds. The summed E-state index contributed by atoms with van der Waals surface area (Å²) in [6, 6.07) is 7.42. The largest absolute Gasteiger partial charge is 0.480 e. The molecule has 1 heterocycles. The maximum Gasteiger partial charge on any atom is 0.337 e. The van der Waals surface area contributed by atoms with Crippen molar-refractivity contribution in [1.82, 2.24) is 4.98 Å². The van der Waals surface area contributed by atoms with E-state index < -0.39 is 11.9 Å². The Kier molecular flexibility index (Phi) is 4.39. The lowest BCUT2D eigenvalue weighted by Gasteiger charge is -2.11. The van der Waals surface area contributed by atoms with Crippen LogP contribution in [0.1, 0.15) is 20.7 Å². The lowest BCUT2D eigenvalue weighted by Crippen LogP contribution is -2.16. The lowest BCUT2D eigenvalue weighted by molar-refractivity contribution is 0.0698. The monoisotopic (exact) mass is 306 g/mol. The number of carbonyl (C=O) groups is 2. The maximum absolute atomic E-state index is 12.2. The van der Waals surface area contributed by atoms with Gasteiger partial charge in [0.2, 0.25) is 5.88 Å². The number of hydrogen-bond donors (Lipinski definition) is 2. The zero-order chi connectivity index (χ0) is 15.4. The first-order valence-corrected chi connectivity index (χ1v) is 6.24. The molecule has 0 saturated carbocycles. The number of methoxy groups -OCH3 is 1. The van der Waals surface area contributed by atoms with Crippen LogP contribution in [0.4, 0.5) is 5.69 Å². The second-order valence-electron chi connectivity index (χ2n) is 3.98. The first-order chi connectivity index (χ1) is 10.0. The van der Waals surface area contributed by atoms with Crippen LogP contribution in [0, 0.1) is 0 Å². The van der Waals surface area contributed by atoms with E-state index in [1.165, 1.54) is 37.6 Å². The van der Waals surface area contributed by atoms with Gasteiger partial charge in [-0.15, -0.1) is 0 Å². The summed E-state index contributed by atoms with van der Waals surface area (Å²) in [6.07, 6.45) is 1.48. The SMILES string of the molecule is COc1ncccc1C(=O)Nc1c(Cl)cccc1C(=O)O. The predicted molar refractivity (Wildman–Crippen MR) is 77.2 cm³/mol. The third-order valence-electron chi connectivity index (χ3n) is 2.69. The highest BCUT2D eigenvalue weighted by molar-refractivity contribution is 6.35. The quantitative estimate of drug-likeness (QED) is 0.906. The Hall–Kier alpha value is -2.60. The van der Waals surface area contributed by atoms with Gasteiger partial charge in [-0.2, -0.15) is 0 Å². The van der Waals surface area contributed by atoms with Crippen molar-refractivity contribution in [3.05, 3.63) is 52.7 Å². The molecule has 21 heavy (non-hydrogen) atoms. The molecule has 0 aliphatic carbocycles. The molecular formula is C14H11ClN2O4. The molecule has 0 unspecified atom stereocenters. The van der Waals surface area contributed by atoms with E-state index >= 15 is 0 Å². The summed E-state index contributed by atoms with van der Waals surface area (Å²) in [5.41, 5.74) is 0.109. The van der Waals surface area contributed by atoms with Crippen molar-refractivity contribution in [2.45, 2.75) is 0 Å². The van der Waals surface area contributed by atoms with Crippen LogP contribution in [0.15, 0.2) is 36.5 Å². The molecule has 0 radical (unpaired) electrons. The molecule has 2 rings (SSSR count). The van der Waals surface area contributed by atoms with E-state index in [1.54, 1.807) is 6.07 Å². The number of carbonyl (C=O) groups excluding carboxylic acids is 1. The van der Waals surface area contributed by atoms with Crippen LogP contribution in [-0.4, -0.2) is 29.1 Å². The number of benzene rings is 1. The Bertz CT molecular complexity index is 703. The zero-order valence-corrected chi connectivity index (χ0v) is 11.7. The van der Waals surface area contributed by atoms with E-state index in [0.717, 1.165) is 0 Å². The van der Waals surface area contributed by atoms with E-state index in [2.05, 4.69) is 10.3 Å². The van der Waals surface area contributed by atoms with Crippen LogP contribution in [-0.2, 0) is 0 Å². The van der Waals surface area contributed by atoms with Gasteiger partial charge in [-0.1, -0.05) is 17.7 Å². The fraction of sp³-hybridized carbons (Fsp3) is 0.0714. The van der Waals surface area contributed by atoms with Gasteiger partial charge in [0.15, 0.2) is 0 Å². The van der Waals surface area contributed by atoms with Gasteiger partial charge in [0.05, 0.1) is 23.4 Å². The van der Waals surface area contributed by atoms with E-state index in [1.807, 2.05) is 0 Å². The van der Waals surface area contributed by atoms with Crippen molar-refractivity contribution >= 4 is 29.2 Å². The third-order valence-corrected chi connectivity index (χ3v) is 3.01. The number of halogens is 1. The molecule has 2 N–H and O–H groups in total. The molecule has 0 saturated heterocycles. The number of ether oxygens (including phenoxy) is 1. The zero-order valence-electron chi connectivity index (χ0n) is 11.0. The van der Waals surface area contributed by atoms with Gasteiger partial charge in [0.25, 0.3) is 5.91 Å². The molecular weight excluding hydrogens is 296 g/mol. The Morgan fingerprint density at radius 2 is 1.95 bits per heavy atom. The highest BCUT2D eigenvalue weighted by Gasteiger charge is 2.18. The third kappa shape index (κ3) is 3.11. The average molecular weight is 307 g/mol. The standard InChI is InChI=1S/C14H11ClN2O4/c1-21-13-9(5-3-7-16-13)12(18)17-11-8(14(19)20)4-2-6-10(11)15/h2-7H,1H3,(H,17,18)(H,19,20). The molecule has 1 aromatic carbocycles. The number of carboxylic acid groups (broad SMARTS) is 1. The number of pyridine rings is 1. The predicted octanol–water partition coefficient (Wildman–Crippen LogP) is 2.69. The number of rotatable bonds is 4. The van der Waals surface area contributed by atoms with Crippen molar-refractivity contribution in [2.24, 2.45) is 0 Å². The molecule has 0 atom stereocenters. The van der Waals surface area contributed by atoms with Gasteiger partial charge < -0.3 is 15.2 Å². The number of nitrogens with one attached hydrogen (secondary N) is 1. The molecule has 2 aromatic rings. The molecule has 7 heteroatoms. The van der Waals surface area contributed by atoms with Crippen molar-refractivity contribution in [3.8, 4) is 5.88 Å². The molecule has 1 aromatic heterocycles. The Morgan fingerprint density at radius 1 is 1.24 bits per heavy atom. The molecule has 0 aliphatic heterocycles. The maximum atomic E-state index is 12.2. The van der Waals surface area contributed by atoms with Crippen molar-refractivity contribution in [3.63, 3.8) is 0 Å². The van der Waals surface area contributed by atoms with Crippen LogP contribution in [0.2, 0.25) is 5.02 Å². The minimum atomic E-state index is -1.19. The van der Waals surface area contributed by atoms with E-state index in [9.17, 15) is 9.59 Å². The van der Waals surface area contributed by atoms with Crippen LogP contribution in [0.5, 0.6) is 5.88 Å². The van der Waals surface area contributed by atoms with Gasteiger partial charge >= 0.3 is 5.97 Å². The van der Waals surface area contributed by atoms with Crippen LogP contribution >= 0.6 is 11.6 Å². The highest BCUT2D eigenvalue weighted by Crippen LogP contribution is 2.27. The number of carboxylic acids is 1. The summed E-state index contributed by atoms with van der Waals surface area (Å²) in [6.45, 7) is 0. The van der Waals surface area contributed by atoms with Crippen LogP contribution < -0.4 is 10.1 Å². The first kappa shape index (κ1) is 14.8. The topological polar surface area (TPSA) is 88.5 Å². The summed E-state index contributed by atoms with van der Waals surface area (Å²) < 4.78 is 4.99. The average Bonchev–Trinajstić information content (AvgIpc) is 2.48. The van der Waals surface area contributed by atoms with Crippen molar-refractivity contribution in [2.75, 3.05) is 12.4 Å². The minimum absolute atomic E-state index is 0.0302. The number of amides is 1. The molecule has 0 aliphatic rings.